The van der Waals surface area contributed by atoms with Crippen LogP contribution in [0.1, 0.15) is 12.8 Å². The Bertz CT molecular complexity index is 698. The van der Waals surface area contributed by atoms with Crippen LogP contribution in [0.15, 0.2) is 24.3 Å². The Hall–Kier alpha value is -2.90. The first-order chi connectivity index (χ1) is 11.0. The van der Waals surface area contributed by atoms with E-state index in [2.05, 4.69) is 5.32 Å². The topological polar surface area (TPSA) is 96.0 Å². The van der Waals surface area contributed by atoms with Crippen molar-refractivity contribution in [3.05, 3.63) is 24.3 Å². The van der Waals surface area contributed by atoms with E-state index in [1.165, 1.54) is 7.11 Å². The summed E-state index contributed by atoms with van der Waals surface area (Å²) in [6.07, 6.45) is 1.40. The van der Waals surface area contributed by atoms with Gasteiger partial charge in [-0.1, -0.05) is 12.1 Å². The summed E-state index contributed by atoms with van der Waals surface area (Å²) in [7, 11) is 1.46. The summed E-state index contributed by atoms with van der Waals surface area (Å²) in [4.78, 5) is 49.5. The molecular weight excluding hydrogens is 302 g/mol. The maximum Gasteiger partial charge on any atom is 0.334 e. The van der Waals surface area contributed by atoms with Gasteiger partial charge in [-0.05, 0) is 25.0 Å². The van der Waals surface area contributed by atoms with E-state index in [4.69, 9.17) is 4.74 Å². The fraction of sp³-hybridized carbons (Fsp3) is 0.333. The number of ether oxygens (including phenoxy) is 1. The molecule has 1 heterocycles. The van der Waals surface area contributed by atoms with Gasteiger partial charge in [0, 0.05) is 6.04 Å². The number of hydrogen-bond acceptors (Lipinski definition) is 5. The predicted octanol–water partition coefficient (Wildman–Crippen LogP) is 0.587. The summed E-state index contributed by atoms with van der Waals surface area (Å²) in [5.41, 5.74) is 0.421. The van der Waals surface area contributed by atoms with Gasteiger partial charge in [-0.15, -0.1) is 0 Å². The quantitative estimate of drug-likeness (QED) is 0.633. The lowest BCUT2D eigenvalue weighted by atomic mass is 10.3. The van der Waals surface area contributed by atoms with Gasteiger partial charge in [-0.3, -0.25) is 19.3 Å². The fourth-order valence-corrected chi connectivity index (χ4v) is 2.40. The van der Waals surface area contributed by atoms with Gasteiger partial charge in [0.15, 0.2) is 0 Å². The van der Waals surface area contributed by atoms with Crippen LogP contribution in [0, 0.1) is 0 Å². The molecule has 0 spiro atoms. The zero-order valence-corrected chi connectivity index (χ0v) is 12.4. The Morgan fingerprint density at radius 2 is 1.91 bits per heavy atom. The Morgan fingerprint density at radius 1 is 1.22 bits per heavy atom. The Balaban J connectivity index is 1.69. The van der Waals surface area contributed by atoms with Crippen LogP contribution < -0.4 is 10.1 Å². The molecule has 0 bridgehead atoms. The molecule has 1 N–H and O–H groups in total. The largest absolute Gasteiger partial charge is 0.495 e. The third-order valence-corrected chi connectivity index (χ3v) is 3.68. The van der Waals surface area contributed by atoms with E-state index in [9.17, 15) is 19.2 Å². The zero-order chi connectivity index (χ0) is 16.6. The van der Waals surface area contributed by atoms with Crippen molar-refractivity contribution in [2.24, 2.45) is 0 Å². The molecule has 0 aromatic heterocycles. The van der Waals surface area contributed by atoms with Crippen LogP contribution >= 0.6 is 0 Å². The van der Waals surface area contributed by atoms with E-state index in [0.717, 1.165) is 4.90 Å². The minimum Gasteiger partial charge on any atom is -0.495 e. The van der Waals surface area contributed by atoms with Crippen LogP contribution in [0.5, 0.6) is 5.75 Å². The smallest absolute Gasteiger partial charge is 0.334 e. The van der Waals surface area contributed by atoms with Gasteiger partial charge in [0.2, 0.25) is 5.91 Å². The molecule has 2 aliphatic rings. The van der Waals surface area contributed by atoms with Crippen LogP contribution in [0.2, 0.25) is 0 Å². The highest BCUT2D eigenvalue weighted by molar-refractivity contribution is 6.45. The highest BCUT2D eigenvalue weighted by atomic mass is 16.5. The van der Waals surface area contributed by atoms with Gasteiger partial charge in [-0.2, -0.15) is 0 Å². The first-order valence-electron chi connectivity index (χ1n) is 7.15. The van der Waals surface area contributed by atoms with E-state index < -0.39 is 30.3 Å². The molecule has 8 heteroatoms. The van der Waals surface area contributed by atoms with Gasteiger partial charge in [0.25, 0.3) is 0 Å². The standard InChI is InChI=1S/C15H15N3O5/c1-23-11-5-3-2-4-10(11)16-12(19)8-17-13(20)14(21)18(15(17)22)9-6-7-9/h2-5,9H,6-8H2,1H3,(H,16,19). The molecule has 1 saturated carbocycles. The Kier molecular flexibility index (Phi) is 3.73. The zero-order valence-electron chi connectivity index (χ0n) is 12.4. The lowest BCUT2D eigenvalue weighted by Crippen LogP contribution is -2.39. The second-order valence-electron chi connectivity index (χ2n) is 5.33. The van der Waals surface area contributed by atoms with Crippen molar-refractivity contribution in [1.29, 1.82) is 0 Å². The number of amides is 5. The van der Waals surface area contributed by atoms with Crippen molar-refractivity contribution in [2.75, 3.05) is 19.0 Å². The van der Waals surface area contributed by atoms with E-state index in [-0.39, 0.29) is 6.04 Å². The van der Waals surface area contributed by atoms with E-state index >= 15 is 0 Å². The lowest BCUT2D eigenvalue weighted by molar-refractivity contribution is -0.143. The Labute approximate surface area is 132 Å². The van der Waals surface area contributed by atoms with Crippen molar-refractivity contribution < 1.29 is 23.9 Å². The molecule has 1 aromatic rings. The summed E-state index contributed by atoms with van der Waals surface area (Å²) in [6, 6.07) is 5.82. The van der Waals surface area contributed by atoms with E-state index in [0.29, 0.717) is 29.2 Å². The average Bonchev–Trinajstić information content (AvgIpc) is 3.34. The third-order valence-electron chi connectivity index (χ3n) is 3.68. The molecular formula is C15H15N3O5. The molecule has 23 heavy (non-hydrogen) atoms. The number of anilines is 1. The molecule has 0 atom stereocenters. The van der Waals surface area contributed by atoms with Crippen LogP contribution in [-0.4, -0.2) is 53.2 Å². The first kappa shape index (κ1) is 15.0. The van der Waals surface area contributed by atoms with Crippen molar-refractivity contribution in [1.82, 2.24) is 9.80 Å². The average molecular weight is 317 g/mol. The third kappa shape index (κ3) is 2.75. The van der Waals surface area contributed by atoms with Crippen LogP contribution in [-0.2, 0) is 14.4 Å². The minimum absolute atomic E-state index is 0.207. The maximum absolute atomic E-state index is 12.1. The number of benzene rings is 1. The number of nitrogens with one attached hydrogen (secondary N) is 1. The van der Waals surface area contributed by atoms with Crippen LogP contribution in [0.3, 0.4) is 0 Å². The van der Waals surface area contributed by atoms with E-state index in [1.54, 1.807) is 24.3 Å². The van der Waals surface area contributed by atoms with Gasteiger partial charge < -0.3 is 10.1 Å². The minimum atomic E-state index is -0.961. The number of carbonyl (C=O) groups is 4. The highest BCUT2D eigenvalue weighted by Gasteiger charge is 2.51. The molecule has 1 saturated heterocycles. The number of rotatable bonds is 5. The number of hydrogen-bond donors (Lipinski definition) is 1. The lowest BCUT2D eigenvalue weighted by Gasteiger charge is -2.15. The monoisotopic (exact) mass is 317 g/mol. The van der Waals surface area contributed by atoms with Crippen molar-refractivity contribution in [3.63, 3.8) is 0 Å². The summed E-state index contributed by atoms with van der Waals surface area (Å²) in [5, 5.41) is 2.56. The molecule has 5 amide bonds. The molecule has 2 fully saturated rings. The summed E-state index contributed by atoms with van der Waals surface area (Å²) in [5.74, 6) is -1.95. The molecule has 1 aromatic carbocycles. The Morgan fingerprint density at radius 3 is 2.57 bits per heavy atom. The first-order valence-corrected chi connectivity index (χ1v) is 7.15. The van der Waals surface area contributed by atoms with Crippen molar-refractivity contribution in [2.45, 2.75) is 18.9 Å². The molecule has 8 nitrogen and oxygen atoms in total. The summed E-state index contributed by atoms with van der Waals surface area (Å²) in [6.45, 7) is -0.509. The predicted molar refractivity (Wildman–Crippen MR) is 78.6 cm³/mol. The molecule has 3 rings (SSSR count). The number of imide groups is 2. The normalized spacial score (nSPS) is 17.7. The molecule has 1 aliphatic carbocycles. The number of nitrogens with zero attached hydrogens (tertiary/aromatic N) is 2. The maximum atomic E-state index is 12.1. The van der Waals surface area contributed by atoms with Crippen molar-refractivity contribution in [3.8, 4) is 5.75 Å². The van der Waals surface area contributed by atoms with E-state index in [1.807, 2.05) is 0 Å². The van der Waals surface area contributed by atoms with Gasteiger partial charge >= 0.3 is 17.8 Å². The summed E-state index contributed by atoms with van der Waals surface area (Å²) >= 11 is 0. The molecule has 1 aliphatic heterocycles. The SMILES string of the molecule is COc1ccccc1NC(=O)CN1C(=O)C(=O)N(C2CC2)C1=O. The molecule has 0 unspecified atom stereocenters. The molecule has 120 valence electrons. The molecule has 0 radical (unpaired) electrons. The fourth-order valence-electron chi connectivity index (χ4n) is 2.40. The van der Waals surface area contributed by atoms with Gasteiger partial charge in [0.05, 0.1) is 12.8 Å². The van der Waals surface area contributed by atoms with Gasteiger partial charge in [-0.25, -0.2) is 9.69 Å². The number of para-hydroxylation sites is 2. The second kappa shape index (κ2) is 5.71. The van der Waals surface area contributed by atoms with Gasteiger partial charge in [0.1, 0.15) is 12.3 Å². The highest BCUT2D eigenvalue weighted by Crippen LogP contribution is 2.31. The van der Waals surface area contributed by atoms with Crippen molar-refractivity contribution >= 4 is 29.4 Å². The number of urea groups is 1. The van der Waals surface area contributed by atoms with Crippen LogP contribution in [0.4, 0.5) is 10.5 Å². The van der Waals surface area contributed by atoms with Crippen LogP contribution in [0.25, 0.3) is 0 Å². The number of carbonyl (C=O) groups excluding carboxylic acids is 4. The summed E-state index contributed by atoms with van der Waals surface area (Å²) < 4.78 is 5.11. The number of methoxy groups -OCH3 is 1. The second-order valence-corrected chi connectivity index (χ2v) is 5.33.